The first-order valence-corrected chi connectivity index (χ1v) is 14.3. The number of para-hydroxylation sites is 2. The average Bonchev–Trinajstić information content (AvgIpc) is 2.95. The highest BCUT2D eigenvalue weighted by atomic mass is 32.2. The molecule has 4 rings (SSSR count). The molecule has 0 atom stereocenters. The zero-order valence-corrected chi connectivity index (χ0v) is 23.0. The fourth-order valence-corrected chi connectivity index (χ4v) is 5.64. The molecule has 9 heteroatoms. The number of rotatable bonds is 10. The maximum Gasteiger partial charge on any atom is 0.264 e. The van der Waals surface area contributed by atoms with Crippen LogP contribution in [0.15, 0.2) is 114 Å². The normalized spacial score (nSPS) is 10.9. The summed E-state index contributed by atoms with van der Waals surface area (Å²) in [4.78, 5) is 13.1. The molecule has 0 spiro atoms. The Morgan fingerprint density at radius 1 is 0.846 bits per heavy atom. The average molecular weight is 560 g/mol. The van der Waals surface area contributed by atoms with Crippen LogP contribution in [0.1, 0.15) is 22.8 Å². The van der Waals surface area contributed by atoms with Gasteiger partial charge in [-0.3, -0.25) is 14.4 Å². The molecule has 0 aliphatic carbocycles. The van der Waals surface area contributed by atoms with Crippen LogP contribution in [0.25, 0.3) is 0 Å². The van der Waals surface area contributed by atoms with Gasteiger partial charge in [-0.15, -0.1) is 0 Å². The summed E-state index contributed by atoms with van der Waals surface area (Å²) >= 11 is 5.33. The first-order valence-electron chi connectivity index (χ1n) is 12.4. The van der Waals surface area contributed by atoms with Gasteiger partial charge in [0.05, 0.1) is 22.8 Å². The van der Waals surface area contributed by atoms with E-state index in [0.717, 1.165) is 5.56 Å². The fourth-order valence-electron chi connectivity index (χ4n) is 3.96. The van der Waals surface area contributed by atoms with Crippen molar-refractivity contribution >= 4 is 44.6 Å². The van der Waals surface area contributed by atoms with Gasteiger partial charge in [-0.2, -0.15) is 0 Å². The van der Waals surface area contributed by atoms with Gasteiger partial charge in [0.1, 0.15) is 5.75 Å². The number of carbonyl (C=O) groups is 1. The van der Waals surface area contributed by atoms with Gasteiger partial charge in [-0.25, -0.2) is 8.42 Å². The van der Waals surface area contributed by atoms with Crippen molar-refractivity contribution in [3.05, 3.63) is 120 Å². The zero-order chi connectivity index (χ0) is 27.7. The van der Waals surface area contributed by atoms with E-state index in [1.807, 2.05) is 36.4 Å². The lowest BCUT2D eigenvalue weighted by molar-refractivity contribution is 0.0974. The summed E-state index contributed by atoms with van der Waals surface area (Å²) in [5.74, 6) is 0.0469. The number of ether oxygens (including phenoxy) is 1. The maximum atomic E-state index is 13.2. The number of anilines is 2. The molecule has 0 aliphatic heterocycles. The Hall–Kier alpha value is -4.21. The number of hydrogen-bond acceptors (Lipinski definition) is 5. The van der Waals surface area contributed by atoms with Crippen LogP contribution in [0.2, 0.25) is 0 Å². The summed E-state index contributed by atoms with van der Waals surface area (Å²) in [6.45, 7) is 2.50. The summed E-state index contributed by atoms with van der Waals surface area (Å²) in [6, 6.07) is 32.1. The molecule has 0 bridgehead atoms. The Kier molecular flexibility index (Phi) is 9.30. The molecule has 0 fully saturated rings. The van der Waals surface area contributed by atoms with Crippen LogP contribution in [-0.4, -0.2) is 32.6 Å². The van der Waals surface area contributed by atoms with Crippen LogP contribution in [0.3, 0.4) is 0 Å². The van der Waals surface area contributed by atoms with E-state index in [1.54, 1.807) is 67.6 Å². The number of carbonyl (C=O) groups excluding carboxylic acids is 1. The molecule has 7 nitrogen and oxygen atoms in total. The number of hydrogen-bond donors (Lipinski definition) is 2. The Morgan fingerprint density at radius 3 is 2.13 bits per heavy atom. The van der Waals surface area contributed by atoms with Gasteiger partial charge < -0.3 is 10.1 Å². The number of amides is 1. The van der Waals surface area contributed by atoms with Crippen molar-refractivity contribution in [2.75, 3.05) is 22.8 Å². The lowest BCUT2D eigenvalue weighted by Crippen LogP contribution is -2.34. The monoisotopic (exact) mass is 559 g/mol. The van der Waals surface area contributed by atoms with Gasteiger partial charge in [0, 0.05) is 18.7 Å². The second-order valence-corrected chi connectivity index (χ2v) is 10.8. The van der Waals surface area contributed by atoms with Crippen molar-refractivity contribution in [1.29, 1.82) is 0 Å². The zero-order valence-electron chi connectivity index (χ0n) is 21.4. The summed E-state index contributed by atoms with van der Waals surface area (Å²) in [6.07, 6.45) is 0.712. The number of nitrogens with zero attached hydrogens (tertiary/aromatic N) is 1. The minimum atomic E-state index is -3.75. The van der Waals surface area contributed by atoms with E-state index in [0.29, 0.717) is 42.3 Å². The molecule has 0 aliphatic rings. The quantitative estimate of drug-likeness (QED) is 0.244. The Labute approximate surface area is 234 Å². The van der Waals surface area contributed by atoms with Crippen molar-refractivity contribution in [2.24, 2.45) is 0 Å². The van der Waals surface area contributed by atoms with Gasteiger partial charge >= 0.3 is 0 Å². The lowest BCUT2D eigenvalue weighted by atomic mass is 10.1. The van der Waals surface area contributed by atoms with Crippen molar-refractivity contribution in [1.82, 2.24) is 5.32 Å². The maximum absolute atomic E-state index is 13.2. The van der Waals surface area contributed by atoms with Crippen molar-refractivity contribution in [3.63, 3.8) is 0 Å². The van der Waals surface area contributed by atoms with Crippen LogP contribution >= 0.6 is 12.2 Å². The second kappa shape index (κ2) is 13.0. The Morgan fingerprint density at radius 2 is 1.46 bits per heavy atom. The topological polar surface area (TPSA) is 87.7 Å². The molecular weight excluding hydrogens is 530 g/mol. The minimum absolute atomic E-state index is 0.0779. The van der Waals surface area contributed by atoms with Gasteiger partial charge in [0.15, 0.2) is 5.11 Å². The first-order chi connectivity index (χ1) is 18.9. The molecule has 0 heterocycles. The van der Waals surface area contributed by atoms with Crippen molar-refractivity contribution < 1.29 is 17.9 Å². The van der Waals surface area contributed by atoms with Gasteiger partial charge in [-0.1, -0.05) is 60.7 Å². The number of nitrogens with one attached hydrogen (secondary N) is 2. The highest BCUT2D eigenvalue weighted by Crippen LogP contribution is 2.24. The third kappa shape index (κ3) is 7.22. The molecule has 4 aromatic rings. The fraction of sp³-hybridized carbons (Fsp3) is 0.133. The van der Waals surface area contributed by atoms with Gasteiger partial charge in [-0.05, 0) is 73.2 Å². The molecule has 200 valence electrons. The standard InChI is InChI=1S/C30H29N3O4S2/c1-2-33(25-13-7-4-8-14-25)39(35,36)26-19-17-24(18-20-26)31-30(38)32-29(34)27-15-9-10-16-28(27)37-22-21-23-11-5-3-6-12-23/h3-20H,2,21-22H2,1H3,(H2,31,32,34,38). The highest BCUT2D eigenvalue weighted by Gasteiger charge is 2.23. The summed E-state index contributed by atoms with van der Waals surface area (Å²) in [5, 5.41) is 5.67. The SMILES string of the molecule is CCN(c1ccccc1)S(=O)(=O)c1ccc(NC(=S)NC(=O)c2ccccc2OCCc2ccccc2)cc1. The molecule has 0 saturated carbocycles. The smallest absolute Gasteiger partial charge is 0.264 e. The van der Waals surface area contributed by atoms with E-state index >= 15 is 0 Å². The van der Waals surface area contributed by atoms with Crippen LogP contribution in [0.5, 0.6) is 5.75 Å². The van der Waals surface area contributed by atoms with Crippen molar-refractivity contribution in [2.45, 2.75) is 18.2 Å². The minimum Gasteiger partial charge on any atom is -0.492 e. The summed E-state index contributed by atoms with van der Waals surface area (Å²) in [7, 11) is -3.75. The molecule has 0 saturated heterocycles. The van der Waals surface area contributed by atoms with E-state index in [4.69, 9.17) is 17.0 Å². The largest absolute Gasteiger partial charge is 0.492 e. The molecule has 1 amide bonds. The van der Waals surface area contributed by atoms with E-state index in [9.17, 15) is 13.2 Å². The molecule has 39 heavy (non-hydrogen) atoms. The van der Waals surface area contributed by atoms with Gasteiger partial charge in [0.25, 0.3) is 15.9 Å². The van der Waals surface area contributed by atoms with E-state index in [1.165, 1.54) is 16.4 Å². The molecule has 2 N–H and O–H groups in total. The Balaban J connectivity index is 1.37. The third-order valence-corrected chi connectivity index (χ3v) is 8.00. The third-order valence-electron chi connectivity index (χ3n) is 5.88. The summed E-state index contributed by atoms with van der Waals surface area (Å²) in [5.41, 5.74) is 2.63. The van der Waals surface area contributed by atoms with Crippen LogP contribution in [-0.2, 0) is 16.4 Å². The summed E-state index contributed by atoms with van der Waals surface area (Å²) < 4.78 is 33.6. The van der Waals surface area contributed by atoms with Crippen molar-refractivity contribution in [3.8, 4) is 5.75 Å². The van der Waals surface area contributed by atoms with E-state index in [-0.39, 0.29) is 10.0 Å². The molecule has 0 aromatic heterocycles. The van der Waals surface area contributed by atoms with E-state index in [2.05, 4.69) is 10.6 Å². The Bertz CT molecular complexity index is 1510. The first kappa shape index (κ1) is 27.8. The number of sulfonamides is 1. The number of benzene rings is 4. The predicted molar refractivity (Wildman–Crippen MR) is 159 cm³/mol. The number of thiocarbonyl (C=S) groups is 1. The van der Waals surface area contributed by atoms with E-state index < -0.39 is 15.9 Å². The molecular formula is C30H29N3O4S2. The highest BCUT2D eigenvalue weighted by molar-refractivity contribution is 7.92. The second-order valence-electron chi connectivity index (χ2n) is 8.52. The van der Waals surface area contributed by atoms with Crippen LogP contribution in [0.4, 0.5) is 11.4 Å². The van der Waals surface area contributed by atoms with Crippen LogP contribution < -0.4 is 19.7 Å². The van der Waals surface area contributed by atoms with Gasteiger partial charge in [0.2, 0.25) is 0 Å². The molecule has 0 unspecified atom stereocenters. The molecule has 4 aromatic carbocycles. The lowest BCUT2D eigenvalue weighted by Gasteiger charge is -2.23. The predicted octanol–water partition coefficient (Wildman–Crippen LogP) is 5.65. The molecule has 0 radical (unpaired) electrons. The van der Waals surface area contributed by atoms with Crippen LogP contribution in [0, 0.1) is 0 Å².